The standard InChI is InChI=1S/C4H10O.ClH.Mg/c1-4(2,3)5;;/h5H,1-3H3;1H;/q;;+2/p-1. The van der Waals surface area contributed by atoms with Crippen molar-refractivity contribution < 1.29 is 17.5 Å². The predicted molar refractivity (Wildman–Crippen MR) is 27.7 cm³/mol. The molecule has 0 bridgehead atoms. The fraction of sp³-hybridized carbons (Fsp3) is 1.00. The summed E-state index contributed by atoms with van der Waals surface area (Å²) in [7, 11) is 0. The first-order valence-corrected chi connectivity index (χ1v) is 1.72. The van der Waals surface area contributed by atoms with E-state index in [0.29, 0.717) is 0 Å². The second-order valence-electron chi connectivity index (χ2n) is 2.17. The zero-order chi connectivity index (χ0) is 4.50. The van der Waals surface area contributed by atoms with Crippen LogP contribution in [-0.4, -0.2) is 33.8 Å². The Morgan fingerprint density at radius 2 is 1.14 bits per heavy atom. The van der Waals surface area contributed by atoms with Gasteiger partial charge < -0.3 is 17.5 Å². The molecule has 0 fully saturated rings. The average molecular weight is 134 g/mol. The average Bonchev–Trinajstić information content (AvgIpc) is 0.722. The summed E-state index contributed by atoms with van der Waals surface area (Å²) in [4.78, 5) is 0. The molecule has 0 saturated carbocycles. The monoisotopic (exact) mass is 133 g/mol. The molecule has 0 unspecified atom stereocenters. The van der Waals surface area contributed by atoms with E-state index in [-0.39, 0.29) is 35.5 Å². The molecule has 7 heavy (non-hydrogen) atoms. The molecule has 3 heteroatoms. The van der Waals surface area contributed by atoms with Gasteiger partial charge in [-0.25, -0.2) is 0 Å². The Balaban J connectivity index is -0.0000000800. The van der Waals surface area contributed by atoms with E-state index in [4.69, 9.17) is 5.11 Å². The molecular formula is C4H10ClMgO+. The molecule has 0 aliphatic carbocycles. The van der Waals surface area contributed by atoms with Crippen molar-refractivity contribution >= 4 is 23.1 Å². The summed E-state index contributed by atoms with van der Waals surface area (Å²) in [5, 5.41) is 8.52. The molecule has 0 aliphatic rings. The van der Waals surface area contributed by atoms with Crippen LogP contribution in [0, 0.1) is 0 Å². The van der Waals surface area contributed by atoms with Gasteiger partial charge in [-0.2, -0.15) is 0 Å². The molecule has 0 rings (SSSR count). The molecule has 0 saturated heterocycles. The number of rotatable bonds is 0. The second kappa shape index (κ2) is 5.16. The normalized spacial score (nSPS) is 8.57. The van der Waals surface area contributed by atoms with Gasteiger partial charge in [-0.3, -0.25) is 0 Å². The maximum Gasteiger partial charge on any atom is 2.00 e. The summed E-state index contributed by atoms with van der Waals surface area (Å²) in [6, 6.07) is 0. The van der Waals surface area contributed by atoms with Gasteiger partial charge in [0.05, 0.1) is 5.60 Å². The molecule has 40 valence electrons. The third-order valence-corrected chi connectivity index (χ3v) is 0. The number of halogens is 1. The van der Waals surface area contributed by atoms with Crippen LogP contribution in [0.2, 0.25) is 0 Å². The van der Waals surface area contributed by atoms with Gasteiger partial charge in [0, 0.05) is 0 Å². The minimum absolute atomic E-state index is 0. The van der Waals surface area contributed by atoms with Crippen LogP contribution in [0.3, 0.4) is 0 Å². The Hall–Kier alpha value is 1.02. The molecule has 0 heterocycles. The van der Waals surface area contributed by atoms with Crippen LogP contribution >= 0.6 is 0 Å². The molecule has 1 N–H and O–H groups in total. The van der Waals surface area contributed by atoms with Crippen LogP contribution in [0.25, 0.3) is 0 Å². The summed E-state index contributed by atoms with van der Waals surface area (Å²) < 4.78 is 0. The van der Waals surface area contributed by atoms with Gasteiger partial charge >= 0.3 is 23.1 Å². The quantitative estimate of drug-likeness (QED) is 0.360. The Labute approximate surface area is 67.1 Å². The van der Waals surface area contributed by atoms with Crippen molar-refractivity contribution in [2.75, 3.05) is 0 Å². The number of aliphatic hydroxyl groups is 1. The van der Waals surface area contributed by atoms with E-state index in [2.05, 4.69) is 0 Å². The minimum atomic E-state index is -0.500. The van der Waals surface area contributed by atoms with Crippen LogP contribution in [0.4, 0.5) is 0 Å². The van der Waals surface area contributed by atoms with Gasteiger partial charge in [0.2, 0.25) is 0 Å². The van der Waals surface area contributed by atoms with Gasteiger partial charge in [0.25, 0.3) is 0 Å². The molecule has 1 nitrogen and oxygen atoms in total. The van der Waals surface area contributed by atoms with Gasteiger partial charge in [-0.05, 0) is 20.8 Å². The van der Waals surface area contributed by atoms with Crippen LogP contribution in [0.15, 0.2) is 0 Å². The van der Waals surface area contributed by atoms with E-state index < -0.39 is 5.60 Å². The second-order valence-corrected chi connectivity index (χ2v) is 2.17. The maximum absolute atomic E-state index is 8.52. The van der Waals surface area contributed by atoms with E-state index in [1.165, 1.54) is 0 Å². The fourth-order valence-electron chi connectivity index (χ4n) is 0. The van der Waals surface area contributed by atoms with Crippen molar-refractivity contribution in [2.45, 2.75) is 26.4 Å². The molecule has 0 spiro atoms. The Kier molecular flexibility index (Phi) is 11.6. The van der Waals surface area contributed by atoms with Crippen molar-refractivity contribution in [3.05, 3.63) is 0 Å². The summed E-state index contributed by atoms with van der Waals surface area (Å²) in [5.41, 5.74) is -0.500. The molecular weight excluding hydrogens is 124 g/mol. The summed E-state index contributed by atoms with van der Waals surface area (Å²) in [6.07, 6.45) is 0. The van der Waals surface area contributed by atoms with Gasteiger partial charge in [0.1, 0.15) is 0 Å². The van der Waals surface area contributed by atoms with E-state index in [0.717, 1.165) is 0 Å². The first kappa shape index (κ1) is 15.7. The van der Waals surface area contributed by atoms with Crippen LogP contribution in [0.5, 0.6) is 0 Å². The van der Waals surface area contributed by atoms with Gasteiger partial charge in [-0.1, -0.05) is 0 Å². The molecule has 0 aromatic rings. The van der Waals surface area contributed by atoms with E-state index in [1.54, 1.807) is 20.8 Å². The van der Waals surface area contributed by atoms with Crippen molar-refractivity contribution in [3.8, 4) is 0 Å². The first-order valence-electron chi connectivity index (χ1n) is 1.72. The van der Waals surface area contributed by atoms with Crippen molar-refractivity contribution in [3.63, 3.8) is 0 Å². The smallest absolute Gasteiger partial charge is 1.00 e. The number of hydrogen-bond donors (Lipinski definition) is 1. The third-order valence-electron chi connectivity index (χ3n) is 0. The van der Waals surface area contributed by atoms with Crippen molar-refractivity contribution in [1.82, 2.24) is 0 Å². The zero-order valence-corrected chi connectivity index (χ0v) is 7.20. The number of hydrogen-bond acceptors (Lipinski definition) is 1. The van der Waals surface area contributed by atoms with E-state index in [1.807, 2.05) is 0 Å². The minimum Gasteiger partial charge on any atom is -1.00 e. The van der Waals surface area contributed by atoms with E-state index in [9.17, 15) is 0 Å². The molecule has 0 amide bonds. The Bertz CT molecular complexity index is 27.2. The topological polar surface area (TPSA) is 20.2 Å². The maximum atomic E-state index is 8.52. The molecule has 0 aliphatic heterocycles. The van der Waals surface area contributed by atoms with Gasteiger partial charge in [0.15, 0.2) is 0 Å². The van der Waals surface area contributed by atoms with E-state index >= 15 is 0 Å². The van der Waals surface area contributed by atoms with Gasteiger partial charge in [-0.15, -0.1) is 0 Å². The van der Waals surface area contributed by atoms with Crippen molar-refractivity contribution in [2.24, 2.45) is 0 Å². The molecule has 0 aromatic carbocycles. The summed E-state index contributed by atoms with van der Waals surface area (Å²) >= 11 is 0. The zero-order valence-electron chi connectivity index (χ0n) is 5.03. The van der Waals surface area contributed by atoms with Crippen LogP contribution < -0.4 is 12.4 Å². The third kappa shape index (κ3) is 171. The fourth-order valence-corrected chi connectivity index (χ4v) is 0. The summed E-state index contributed by atoms with van der Waals surface area (Å²) in [6.45, 7) is 5.23. The first-order chi connectivity index (χ1) is 2.00. The Morgan fingerprint density at radius 3 is 1.14 bits per heavy atom. The van der Waals surface area contributed by atoms with Crippen LogP contribution in [-0.2, 0) is 0 Å². The SMILES string of the molecule is CC(C)(C)O.[Cl-].[Mg+2]. The molecule has 0 aromatic heterocycles. The largest absolute Gasteiger partial charge is 2.00 e. The molecule has 0 radical (unpaired) electrons. The Morgan fingerprint density at radius 1 is 1.14 bits per heavy atom. The molecule has 0 atom stereocenters. The van der Waals surface area contributed by atoms with Crippen LogP contribution in [0.1, 0.15) is 20.8 Å². The summed E-state index contributed by atoms with van der Waals surface area (Å²) in [5.74, 6) is 0. The predicted octanol–water partition coefficient (Wildman–Crippen LogP) is -2.60. The van der Waals surface area contributed by atoms with Crippen molar-refractivity contribution in [1.29, 1.82) is 0 Å².